The van der Waals surface area contributed by atoms with E-state index in [1.165, 1.54) is 31.4 Å². The van der Waals surface area contributed by atoms with Crippen LogP contribution in [0.25, 0.3) is 55.8 Å². The average Bonchev–Trinajstić information content (AvgIpc) is 3.64. The summed E-state index contributed by atoms with van der Waals surface area (Å²) in [5, 5.41) is 8.38. The first-order chi connectivity index (χ1) is 21.3. The molecule has 224 valence electrons. The van der Waals surface area contributed by atoms with E-state index in [2.05, 4.69) is 29.9 Å². The maximum absolute atomic E-state index is 14.6. The van der Waals surface area contributed by atoms with Crippen LogP contribution in [0.2, 0.25) is 0 Å². The molecule has 44 heavy (non-hydrogen) atoms. The summed E-state index contributed by atoms with van der Waals surface area (Å²) >= 11 is 0. The molecule has 5 aromatic heterocycles. The van der Waals surface area contributed by atoms with Crippen LogP contribution in [0, 0.1) is 5.82 Å². The zero-order valence-electron chi connectivity index (χ0n) is 24.0. The minimum Gasteiger partial charge on any atom is -0.489 e. The van der Waals surface area contributed by atoms with Gasteiger partial charge in [-0.1, -0.05) is 6.42 Å². The van der Waals surface area contributed by atoms with Crippen LogP contribution in [0.3, 0.4) is 0 Å². The van der Waals surface area contributed by atoms with Gasteiger partial charge in [-0.25, -0.2) is 27.5 Å². The monoisotopic (exact) mass is 611 g/mol. The Morgan fingerprint density at radius 2 is 1.89 bits per heavy atom. The summed E-state index contributed by atoms with van der Waals surface area (Å²) < 4.78 is 46.4. The fourth-order valence-corrected chi connectivity index (χ4v) is 6.20. The van der Waals surface area contributed by atoms with Crippen LogP contribution in [-0.4, -0.2) is 50.9 Å². The quantitative estimate of drug-likeness (QED) is 0.188. The van der Waals surface area contributed by atoms with Gasteiger partial charge in [-0.2, -0.15) is 5.10 Å². The maximum atomic E-state index is 14.6. The van der Waals surface area contributed by atoms with E-state index in [1.807, 2.05) is 24.3 Å². The number of pyridine rings is 3. The number of benzene rings is 1. The van der Waals surface area contributed by atoms with E-state index in [0.717, 1.165) is 52.6 Å². The number of sulfonamides is 1. The zero-order chi connectivity index (χ0) is 30.3. The highest BCUT2D eigenvalue weighted by atomic mass is 32.2. The lowest BCUT2D eigenvalue weighted by Crippen LogP contribution is -2.21. The third kappa shape index (κ3) is 5.90. The molecule has 0 saturated heterocycles. The standard InChI is InChI=1S/C32H30FN7O3S/c1-44(41,42)36-16-19-11-20(13-22(33)12-19)25-9-10-35-32-26(25)15-29(38-32)31-30-28(39-40-31)8-7-27(37-30)21-14-24(18-34-17-21)43-23-5-3-2-4-6-23/h7-15,17-18,23,36H,2-6,16H2,1H3,(H,35,38)(H,39,40). The smallest absolute Gasteiger partial charge is 0.209 e. The molecule has 1 aliphatic carbocycles. The lowest BCUT2D eigenvalue weighted by molar-refractivity contribution is 0.154. The van der Waals surface area contributed by atoms with Crippen LogP contribution in [0.15, 0.2) is 67.1 Å². The Balaban J connectivity index is 1.23. The number of hydrogen-bond acceptors (Lipinski definition) is 7. The maximum Gasteiger partial charge on any atom is 0.209 e. The van der Waals surface area contributed by atoms with Gasteiger partial charge in [-0.3, -0.25) is 10.1 Å². The van der Waals surface area contributed by atoms with Crippen molar-refractivity contribution in [3.8, 4) is 39.5 Å². The molecule has 5 heterocycles. The van der Waals surface area contributed by atoms with Crippen LogP contribution >= 0.6 is 0 Å². The van der Waals surface area contributed by atoms with E-state index >= 15 is 0 Å². The zero-order valence-corrected chi connectivity index (χ0v) is 24.8. The van der Waals surface area contributed by atoms with Crippen LogP contribution in [0.1, 0.15) is 37.7 Å². The first kappa shape index (κ1) is 28.1. The molecule has 0 unspecified atom stereocenters. The largest absolute Gasteiger partial charge is 0.489 e. The number of nitrogens with one attached hydrogen (secondary N) is 3. The predicted molar refractivity (Wildman–Crippen MR) is 167 cm³/mol. The van der Waals surface area contributed by atoms with Crippen molar-refractivity contribution >= 4 is 32.1 Å². The van der Waals surface area contributed by atoms with Gasteiger partial charge >= 0.3 is 0 Å². The van der Waals surface area contributed by atoms with Gasteiger partial charge in [0.05, 0.1) is 35.5 Å². The van der Waals surface area contributed by atoms with E-state index < -0.39 is 15.8 Å². The molecule has 0 radical (unpaired) electrons. The highest BCUT2D eigenvalue weighted by Gasteiger charge is 2.18. The third-order valence-corrected chi connectivity index (χ3v) is 8.53. The number of hydrogen-bond donors (Lipinski definition) is 3. The first-order valence-corrected chi connectivity index (χ1v) is 16.4. The van der Waals surface area contributed by atoms with Gasteiger partial charge in [-0.05, 0) is 90.9 Å². The second-order valence-corrected chi connectivity index (χ2v) is 13.0. The van der Waals surface area contributed by atoms with Gasteiger partial charge in [0.15, 0.2) is 0 Å². The van der Waals surface area contributed by atoms with Gasteiger partial charge in [0.2, 0.25) is 10.0 Å². The second-order valence-electron chi connectivity index (χ2n) is 11.2. The topological polar surface area (TPSA) is 139 Å². The van der Waals surface area contributed by atoms with Crippen LogP contribution in [-0.2, 0) is 16.6 Å². The third-order valence-electron chi connectivity index (χ3n) is 7.87. The van der Waals surface area contributed by atoms with E-state index in [-0.39, 0.29) is 12.6 Å². The Kier molecular flexibility index (Phi) is 7.31. The summed E-state index contributed by atoms with van der Waals surface area (Å²) in [6.45, 7) is -0.0192. The summed E-state index contributed by atoms with van der Waals surface area (Å²) in [5.74, 6) is 0.275. The summed E-state index contributed by atoms with van der Waals surface area (Å²) in [6.07, 6.45) is 12.2. The fraction of sp³-hybridized carbons (Fsp3) is 0.250. The molecular weight excluding hydrogens is 581 g/mol. The molecule has 3 N–H and O–H groups in total. The molecule has 1 aliphatic rings. The molecule has 1 saturated carbocycles. The molecule has 7 rings (SSSR count). The molecule has 0 bridgehead atoms. The molecule has 12 heteroatoms. The Bertz CT molecular complexity index is 2100. The van der Waals surface area contributed by atoms with Crippen molar-refractivity contribution in [3.05, 3.63) is 78.5 Å². The van der Waals surface area contributed by atoms with Gasteiger partial charge in [0.1, 0.15) is 28.4 Å². The molecule has 1 aromatic carbocycles. The van der Waals surface area contributed by atoms with Crippen molar-refractivity contribution < 1.29 is 17.5 Å². The Hall–Kier alpha value is -4.68. The van der Waals surface area contributed by atoms with Crippen LogP contribution in [0.4, 0.5) is 4.39 Å². The van der Waals surface area contributed by atoms with Crippen LogP contribution in [0.5, 0.6) is 5.75 Å². The molecule has 6 aromatic rings. The lowest BCUT2D eigenvalue weighted by Gasteiger charge is -2.22. The number of H-pyrrole nitrogens is 2. The Labute approximate surface area is 253 Å². The molecular formula is C32H30FN7O3S. The molecule has 0 atom stereocenters. The minimum atomic E-state index is -3.43. The molecule has 0 aliphatic heterocycles. The van der Waals surface area contributed by atoms with Crippen molar-refractivity contribution in [2.24, 2.45) is 0 Å². The SMILES string of the molecule is CS(=O)(=O)NCc1cc(F)cc(-c2ccnc3[nH]c(-c4n[nH]c5ccc(-c6cncc(OC7CCCCC7)c6)nc45)cc23)c1. The van der Waals surface area contributed by atoms with Gasteiger partial charge < -0.3 is 9.72 Å². The molecule has 1 fully saturated rings. The molecule has 10 nitrogen and oxygen atoms in total. The van der Waals surface area contributed by atoms with Crippen molar-refractivity contribution in [1.82, 2.24) is 34.9 Å². The van der Waals surface area contributed by atoms with E-state index in [4.69, 9.17) is 9.72 Å². The highest BCUT2D eigenvalue weighted by molar-refractivity contribution is 7.88. The molecule has 0 spiro atoms. The summed E-state index contributed by atoms with van der Waals surface area (Å²) in [4.78, 5) is 17.2. The van der Waals surface area contributed by atoms with Crippen molar-refractivity contribution in [2.45, 2.75) is 44.8 Å². The highest BCUT2D eigenvalue weighted by Crippen LogP contribution is 2.34. The Morgan fingerprint density at radius 3 is 2.73 bits per heavy atom. The minimum absolute atomic E-state index is 0.0192. The second kappa shape index (κ2) is 11.4. The number of aromatic nitrogens is 6. The van der Waals surface area contributed by atoms with Gasteiger partial charge in [-0.15, -0.1) is 0 Å². The number of aromatic amines is 2. The van der Waals surface area contributed by atoms with Crippen molar-refractivity contribution in [2.75, 3.05) is 6.26 Å². The van der Waals surface area contributed by atoms with E-state index in [0.29, 0.717) is 33.7 Å². The van der Waals surface area contributed by atoms with Crippen molar-refractivity contribution in [3.63, 3.8) is 0 Å². The fourth-order valence-electron chi connectivity index (χ4n) is 5.77. The lowest BCUT2D eigenvalue weighted by atomic mass is 9.98. The normalized spacial score (nSPS) is 14.4. The first-order valence-electron chi connectivity index (χ1n) is 14.5. The summed E-state index contributed by atoms with van der Waals surface area (Å²) in [7, 11) is -3.43. The van der Waals surface area contributed by atoms with E-state index in [9.17, 15) is 12.8 Å². The van der Waals surface area contributed by atoms with Gasteiger partial charge in [0.25, 0.3) is 0 Å². The number of rotatable bonds is 8. The summed E-state index contributed by atoms with van der Waals surface area (Å²) in [5.41, 5.74) is 6.79. The van der Waals surface area contributed by atoms with Crippen molar-refractivity contribution in [1.29, 1.82) is 0 Å². The summed E-state index contributed by atoms with van der Waals surface area (Å²) in [6, 6.07) is 14.1. The van der Waals surface area contributed by atoms with Crippen LogP contribution < -0.4 is 9.46 Å². The Morgan fingerprint density at radius 1 is 1.02 bits per heavy atom. The number of nitrogens with zero attached hydrogens (tertiary/aromatic N) is 4. The molecule has 0 amide bonds. The number of fused-ring (bicyclic) bond motifs is 2. The number of ether oxygens (including phenoxy) is 1. The van der Waals surface area contributed by atoms with Gasteiger partial charge in [0, 0.05) is 29.9 Å². The number of halogens is 1. The van der Waals surface area contributed by atoms with E-state index in [1.54, 1.807) is 30.7 Å². The average molecular weight is 612 g/mol. The predicted octanol–water partition coefficient (Wildman–Crippen LogP) is 6.13.